The summed E-state index contributed by atoms with van der Waals surface area (Å²) in [5.74, 6) is 0. The zero-order valence-corrected chi connectivity index (χ0v) is 16.7. The number of para-hydroxylation sites is 1. The molecule has 0 aliphatic carbocycles. The van der Waals surface area contributed by atoms with Crippen LogP contribution in [-0.4, -0.2) is 4.98 Å². The van der Waals surface area contributed by atoms with Crippen molar-refractivity contribution in [3.05, 3.63) is 88.5 Å². The lowest BCUT2D eigenvalue weighted by Gasteiger charge is -2.21. The van der Waals surface area contributed by atoms with Crippen molar-refractivity contribution in [2.75, 3.05) is 0 Å². The van der Waals surface area contributed by atoms with Gasteiger partial charge in [-0.2, -0.15) is 0 Å². The topological polar surface area (TPSA) is 12.9 Å². The van der Waals surface area contributed by atoms with E-state index in [-0.39, 0.29) is 0 Å². The third kappa shape index (κ3) is 2.84. The molecular formula is C26H25N. The minimum atomic E-state index is 1.06. The lowest BCUT2D eigenvalue weighted by Crippen LogP contribution is -2.01. The second-order valence-electron chi connectivity index (χ2n) is 7.51. The van der Waals surface area contributed by atoms with E-state index in [0.717, 1.165) is 11.2 Å². The molecule has 4 aromatic rings. The number of aromatic nitrogens is 1. The molecule has 0 radical (unpaired) electrons. The van der Waals surface area contributed by atoms with Gasteiger partial charge in [-0.25, -0.2) is 4.98 Å². The summed E-state index contributed by atoms with van der Waals surface area (Å²) in [6.45, 7) is 11.0. The standard InChI is InChI=1S/C26H25N/c1-16-10-8-11-17(2)23(16)25-20(5)21-14-6-7-15-22(21)27-26(25)24-18(3)12-9-13-19(24)4/h6-15H,1-5H3. The van der Waals surface area contributed by atoms with E-state index in [1.807, 2.05) is 0 Å². The van der Waals surface area contributed by atoms with Gasteiger partial charge in [0.05, 0.1) is 11.2 Å². The van der Waals surface area contributed by atoms with Crippen LogP contribution in [0, 0.1) is 34.6 Å². The number of nitrogens with zero attached hydrogens (tertiary/aromatic N) is 1. The Balaban J connectivity index is 2.22. The minimum Gasteiger partial charge on any atom is -0.247 e. The molecule has 0 aliphatic rings. The fraction of sp³-hybridized carbons (Fsp3) is 0.192. The zero-order valence-electron chi connectivity index (χ0n) is 16.7. The number of fused-ring (bicyclic) bond motifs is 1. The van der Waals surface area contributed by atoms with Crippen LogP contribution in [0.3, 0.4) is 0 Å². The normalized spacial score (nSPS) is 11.1. The van der Waals surface area contributed by atoms with Crippen LogP contribution in [0.4, 0.5) is 0 Å². The molecule has 27 heavy (non-hydrogen) atoms. The Kier molecular flexibility index (Phi) is 4.31. The van der Waals surface area contributed by atoms with Crippen LogP contribution >= 0.6 is 0 Å². The van der Waals surface area contributed by atoms with Gasteiger partial charge in [0.25, 0.3) is 0 Å². The van der Waals surface area contributed by atoms with E-state index in [9.17, 15) is 0 Å². The quantitative estimate of drug-likeness (QED) is 0.375. The lowest BCUT2D eigenvalue weighted by molar-refractivity contribution is 1.28. The first-order valence-corrected chi connectivity index (χ1v) is 9.51. The molecule has 3 aromatic carbocycles. The average Bonchev–Trinajstić information content (AvgIpc) is 2.63. The summed E-state index contributed by atoms with van der Waals surface area (Å²) in [5.41, 5.74) is 12.4. The molecule has 134 valence electrons. The predicted octanol–water partition coefficient (Wildman–Crippen LogP) is 7.11. The van der Waals surface area contributed by atoms with Crippen molar-refractivity contribution >= 4 is 10.9 Å². The Morgan fingerprint density at radius 2 is 1.04 bits per heavy atom. The number of hydrogen-bond donors (Lipinski definition) is 0. The predicted molar refractivity (Wildman–Crippen MR) is 116 cm³/mol. The summed E-state index contributed by atoms with van der Waals surface area (Å²) in [4.78, 5) is 5.19. The molecule has 0 saturated heterocycles. The molecule has 1 heterocycles. The Morgan fingerprint density at radius 3 is 1.63 bits per heavy atom. The molecule has 0 unspecified atom stereocenters. The smallest absolute Gasteiger partial charge is 0.0796 e. The molecule has 1 heteroatoms. The highest BCUT2D eigenvalue weighted by atomic mass is 14.7. The maximum Gasteiger partial charge on any atom is 0.0796 e. The number of pyridine rings is 1. The Morgan fingerprint density at radius 1 is 0.519 bits per heavy atom. The Labute approximate surface area is 161 Å². The van der Waals surface area contributed by atoms with E-state index < -0.39 is 0 Å². The first kappa shape index (κ1) is 17.5. The molecule has 1 nitrogen and oxygen atoms in total. The summed E-state index contributed by atoms with van der Waals surface area (Å²) < 4.78 is 0. The summed E-state index contributed by atoms with van der Waals surface area (Å²) in [7, 11) is 0. The number of hydrogen-bond acceptors (Lipinski definition) is 1. The highest BCUT2D eigenvalue weighted by Crippen LogP contribution is 2.41. The van der Waals surface area contributed by atoms with Crippen molar-refractivity contribution in [1.29, 1.82) is 0 Å². The van der Waals surface area contributed by atoms with Crippen molar-refractivity contribution in [1.82, 2.24) is 4.98 Å². The van der Waals surface area contributed by atoms with Crippen molar-refractivity contribution in [3.8, 4) is 22.4 Å². The number of rotatable bonds is 2. The molecule has 0 aliphatic heterocycles. The van der Waals surface area contributed by atoms with Gasteiger partial charge < -0.3 is 0 Å². The number of benzene rings is 3. The van der Waals surface area contributed by atoms with Gasteiger partial charge in [0, 0.05) is 16.5 Å². The highest BCUT2D eigenvalue weighted by molar-refractivity contribution is 5.97. The average molecular weight is 351 g/mol. The molecular weight excluding hydrogens is 326 g/mol. The van der Waals surface area contributed by atoms with Gasteiger partial charge in [-0.3, -0.25) is 0 Å². The monoisotopic (exact) mass is 351 g/mol. The van der Waals surface area contributed by atoms with Crippen LogP contribution in [0.1, 0.15) is 27.8 Å². The van der Waals surface area contributed by atoms with Gasteiger partial charge in [0.2, 0.25) is 0 Å². The van der Waals surface area contributed by atoms with E-state index in [1.54, 1.807) is 0 Å². The minimum absolute atomic E-state index is 1.06. The van der Waals surface area contributed by atoms with E-state index in [4.69, 9.17) is 4.98 Å². The number of aryl methyl sites for hydroxylation is 5. The first-order chi connectivity index (χ1) is 13.0. The molecule has 0 atom stereocenters. The zero-order chi connectivity index (χ0) is 19.1. The molecule has 0 amide bonds. The lowest BCUT2D eigenvalue weighted by atomic mass is 9.86. The molecule has 0 fully saturated rings. The van der Waals surface area contributed by atoms with Gasteiger partial charge in [-0.1, -0.05) is 54.6 Å². The van der Waals surface area contributed by atoms with Crippen molar-refractivity contribution < 1.29 is 0 Å². The van der Waals surface area contributed by atoms with E-state index in [1.165, 1.54) is 49.9 Å². The molecule has 4 rings (SSSR count). The van der Waals surface area contributed by atoms with Gasteiger partial charge in [-0.15, -0.1) is 0 Å². The maximum absolute atomic E-state index is 5.19. The van der Waals surface area contributed by atoms with Crippen LogP contribution in [-0.2, 0) is 0 Å². The molecule has 0 spiro atoms. The fourth-order valence-corrected chi connectivity index (χ4v) is 4.26. The van der Waals surface area contributed by atoms with Crippen LogP contribution in [0.15, 0.2) is 60.7 Å². The van der Waals surface area contributed by atoms with Gasteiger partial charge in [-0.05, 0) is 74.1 Å². The van der Waals surface area contributed by atoms with Crippen LogP contribution in [0.5, 0.6) is 0 Å². The van der Waals surface area contributed by atoms with Crippen molar-refractivity contribution in [3.63, 3.8) is 0 Å². The van der Waals surface area contributed by atoms with Gasteiger partial charge >= 0.3 is 0 Å². The largest absolute Gasteiger partial charge is 0.247 e. The van der Waals surface area contributed by atoms with Gasteiger partial charge in [0.15, 0.2) is 0 Å². The van der Waals surface area contributed by atoms with Crippen LogP contribution in [0.2, 0.25) is 0 Å². The third-order valence-corrected chi connectivity index (χ3v) is 5.60. The first-order valence-electron chi connectivity index (χ1n) is 9.51. The molecule has 0 saturated carbocycles. The molecule has 1 aromatic heterocycles. The van der Waals surface area contributed by atoms with E-state index >= 15 is 0 Å². The fourth-order valence-electron chi connectivity index (χ4n) is 4.26. The SMILES string of the molecule is Cc1cccc(C)c1-c1nc2ccccc2c(C)c1-c1c(C)cccc1C. The summed E-state index contributed by atoms with van der Waals surface area (Å²) in [6.07, 6.45) is 0. The maximum atomic E-state index is 5.19. The summed E-state index contributed by atoms with van der Waals surface area (Å²) >= 11 is 0. The van der Waals surface area contributed by atoms with Crippen molar-refractivity contribution in [2.24, 2.45) is 0 Å². The Bertz CT molecular complexity index is 1130. The van der Waals surface area contributed by atoms with Crippen LogP contribution < -0.4 is 0 Å². The molecule has 0 N–H and O–H groups in total. The summed E-state index contributed by atoms with van der Waals surface area (Å²) in [6, 6.07) is 21.5. The third-order valence-electron chi connectivity index (χ3n) is 5.60. The Hall–Kier alpha value is -2.93. The summed E-state index contributed by atoms with van der Waals surface area (Å²) in [5, 5.41) is 1.23. The second kappa shape index (κ2) is 6.66. The van der Waals surface area contributed by atoms with E-state index in [2.05, 4.69) is 95.3 Å². The van der Waals surface area contributed by atoms with Crippen molar-refractivity contribution in [2.45, 2.75) is 34.6 Å². The second-order valence-corrected chi connectivity index (χ2v) is 7.51. The molecule has 0 bridgehead atoms. The highest BCUT2D eigenvalue weighted by Gasteiger charge is 2.20. The van der Waals surface area contributed by atoms with Crippen LogP contribution in [0.25, 0.3) is 33.3 Å². The van der Waals surface area contributed by atoms with Gasteiger partial charge in [0.1, 0.15) is 0 Å². The van der Waals surface area contributed by atoms with E-state index in [0.29, 0.717) is 0 Å².